The minimum atomic E-state index is -0.554. The minimum Gasteiger partial charge on any atom is -0.489 e. The van der Waals surface area contributed by atoms with Crippen LogP contribution in [0.5, 0.6) is 5.75 Å². The second-order valence-electron chi connectivity index (χ2n) is 7.32. The van der Waals surface area contributed by atoms with Crippen molar-refractivity contribution in [2.75, 3.05) is 6.54 Å². The maximum atomic E-state index is 11.9. The van der Waals surface area contributed by atoms with Crippen LogP contribution in [0.15, 0.2) is 48.5 Å². The van der Waals surface area contributed by atoms with Crippen molar-refractivity contribution in [1.82, 2.24) is 5.32 Å². The molecule has 1 unspecified atom stereocenters. The fraction of sp³-hybridized carbons (Fsp3) is 0.381. The van der Waals surface area contributed by atoms with Gasteiger partial charge in [-0.2, -0.15) is 0 Å². The number of amides is 1. The van der Waals surface area contributed by atoms with Crippen LogP contribution in [-0.4, -0.2) is 23.7 Å². The van der Waals surface area contributed by atoms with Crippen molar-refractivity contribution in [3.05, 3.63) is 65.2 Å². The van der Waals surface area contributed by atoms with Crippen LogP contribution >= 0.6 is 0 Å². The molecule has 2 aromatic rings. The van der Waals surface area contributed by atoms with Gasteiger partial charge in [-0.05, 0) is 47.7 Å². The fourth-order valence-electron chi connectivity index (χ4n) is 2.31. The summed E-state index contributed by atoms with van der Waals surface area (Å²) in [4.78, 5) is 11.9. The Balaban J connectivity index is 1.90. The number of nitrogens with one attached hydrogen (secondary N) is 1. The van der Waals surface area contributed by atoms with E-state index in [0.717, 1.165) is 11.3 Å². The Morgan fingerprint density at radius 1 is 1.08 bits per heavy atom. The van der Waals surface area contributed by atoms with Crippen molar-refractivity contribution >= 4 is 5.91 Å². The molecule has 0 bridgehead atoms. The largest absolute Gasteiger partial charge is 0.489 e. The van der Waals surface area contributed by atoms with Crippen LogP contribution < -0.4 is 10.1 Å². The molecule has 0 heterocycles. The first-order valence-electron chi connectivity index (χ1n) is 8.54. The van der Waals surface area contributed by atoms with E-state index in [1.54, 1.807) is 19.1 Å². The molecule has 0 aliphatic heterocycles. The molecule has 0 saturated heterocycles. The summed E-state index contributed by atoms with van der Waals surface area (Å²) in [6, 6.07) is 15.4. The number of aliphatic hydroxyl groups is 1. The normalized spacial score (nSPS) is 12.5. The third-order valence-corrected chi connectivity index (χ3v) is 3.90. The van der Waals surface area contributed by atoms with Gasteiger partial charge in [-0.3, -0.25) is 4.79 Å². The van der Waals surface area contributed by atoms with Gasteiger partial charge in [0.1, 0.15) is 12.4 Å². The molecule has 2 N–H and O–H groups in total. The average Bonchev–Trinajstić information content (AvgIpc) is 2.58. The summed E-state index contributed by atoms with van der Waals surface area (Å²) in [5.41, 5.74) is 2.96. The number of ether oxygens (including phenoxy) is 1. The smallest absolute Gasteiger partial charge is 0.251 e. The number of hydrogen-bond donors (Lipinski definition) is 2. The van der Waals surface area contributed by atoms with Gasteiger partial charge in [0.25, 0.3) is 5.91 Å². The molecule has 0 aromatic heterocycles. The summed E-state index contributed by atoms with van der Waals surface area (Å²) in [5, 5.41) is 11.9. The van der Waals surface area contributed by atoms with E-state index in [0.29, 0.717) is 12.2 Å². The zero-order chi connectivity index (χ0) is 18.4. The first-order valence-corrected chi connectivity index (χ1v) is 8.54. The Hall–Kier alpha value is -2.33. The summed E-state index contributed by atoms with van der Waals surface area (Å²) in [7, 11) is 0. The molecule has 1 amide bonds. The van der Waals surface area contributed by atoms with Crippen LogP contribution in [0, 0.1) is 0 Å². The molecule has 0 fully saturated rings. The van der Waals surface area contributed by atoms with Crippen LogP contribution in [-0.2, 0) is 12.0 Å². The molecule has 2 aromatic carbocycles. The van der Waals surface area contributed by atoms with Crippen molar-refractivity contribution in [3.63, 3.8) is 0 Å². The lowest BCUT2D eigenvalue weighted by atomic mass is 9.87. The van der Waals surface area contributed by atoms with Gasteiger partial charge < -0.3 is 15.2 Å². The van der Waals surface area contributed by atoms with Crippen molar-refractivity contribution in [2.45, 2.75) is 45.8 Å². The van der Waals surface area contributed by atoms with Crippen LogP contribution in [0.25, 0.3) is 0 Å². The number of rotatable bonds is 6. The predicted octanol–water partition coefficient (Wildman–Crippen LogP) is 3.67. The second kappa shape index (κ2) is 8.17. The van der Waals surface area contributed by atoms with E-state index in [9.17, 15) is 9.90 Å². The van der Waals surface area contributed by atoms with Crippen molar-refractivity contribution in [2.24, 2.45) is 0 Å². The molecule has 0 spiro atoms. The Labute approximate surface area is 149 Å². The zero-order valence-electron chi connectivity index (χ0n) is 15.4. The SMILES string of the molecule is CC(O)CNC(=O)c1ccc(COc2ccc(C(C)(C)C)cc2)cc1. The molecule has 4 heteroatoms. The third kappa shape index (κ3) is 5.91. The number of aliphatic hydroxyl groups excluding tert-OH is 1. The van der Waals surface area contributed by atoms with Gasteiger partial charge in [0, 0.05) is 12.1 Å². The molecule has 0 radical (unpaired) electrons. The number of carbonyl (C=O) groups is 1. The van der Waals surface area contributed by atoms with E-state index in [4.69, 9.17) is 4.74 Å². The molecule has 25 heavy (non-hydrogen) atoms. The maximum absolute atomic E-state index is 11.9. The lowest BCUT2D eigenvalue weighted by Gasteiger charge is -2.19. The van der Waals surface area contributed by atoms with Gasteiger partial charge in [0.15, 0.2) is 0 Å². The summed E-state index contributed by atoms with van der Waals surface area (Å²) < 4.78 is 5.81. The Morgan fingerprint density at radius 2 is 1.68 bits per heavy atom. The van der Waals surface area contributed by atoms with E-state index in [-0.39, 0.29) is 17.9 Å². The molecule has 134 valence electrons. The minimum absolute atomic E-state index is 0.128. The Bertz CT molecular complexity index is 683. The first-order chi connectivity index (χ1) is 11.8. The van der Waals surface area contributed by atoms with E-state index in [2.05, 4.69) is 38.2 Å². The highest BCUT2D eigenvalue weighted by Gasteiger charge is 2.13. The summed E-state index contributed by atoms with van der Waals surface area (Å²) in [6.45, 7) is 8.87. The summed E-state index contributed by atoms with van der Waals surface area (Å²) in [5.74, 6) is 0.637. The van der Waals surface area contributed by atoms with Crippen LogP contribution in [0.1, 0.15) is 49.2 Å². The van der Waals surface area contributed by atoms with E-state index < -0.39 is 6.10 Å². The Morgan fingerprint density at radius 3 is 2.20 bits per heavy atom. The van der Waals surface area contributed by atoms with E-state index >= 15 is 0 Å². The Kier molecular flexibility index (Phi) is 6.21. The second-order valence-corrected chi connectivity index (χ2v) is 7.32. The summed E-state index contributed by atoms with van der Waals surface area (Å²) >= 11 is 0. The average molecular weight is 341 g/mol. The van der Waals surface area contributed by atoms with E-state index in [1.807, 2.05) is 24.3 Å². The number of benzene rings is 2. The first kappa shape index (κ1) is 19.0. The van der Waals surface area contributed by atoms with Gasteiger partial charge >= 0.3 is 0 Å². The van der Waals surface area contributed by atoms with Gasteiger partial charge in [0.05, 0.1) is 6.10 Å². The number of hydrogen-bond acceptors (Lipinski definition) is 3. The highest BCUT2D eigenvalue weighted by molar-refractivity contribution is 5.94. The lowest BCUT2D eigenvalue weighted by molar-refractivity contribution is 0.0924. The monoisotopic (exact) mass is 341 g/mol. The standard InChI is InChI=1S/C21H27NO3/c1-15(23)13-22-20(24)17-7-5-16(6-8-17)14-25-19-11-9-18(10-12-19)21(2,3)4/h5-12,15,23H,13-14H2,1-4H3,(H,22,24). The quantitative estimate of drug-likeness (QED) is 0.843. The van der Waals surface area contributed by atoms with Gasteiger partial charge in [-0.25, -0.2) is 0 Å². The zero-order valence-corrected chi connectivity index (χ0v) is 15.4. The maximum Gasteiger partial charge on any atom is 0.251 e. The molecule has 4 nitrogen and oxygen atoms in total. The van der Waals surface area contributed by atoms with E-state index in [1.165, 1.54) is 5.56 Å². The lowest BCUT2D eigenvalue weighted by Crippen LogP contribution is -2.30. The van der Waals surface area contributed by atoms with Crippen molar-refractivity contribution in [1.29, 1.82) is 0 Å². The van der Waals surface area contributed by atoms with Crippen LogP contribution in [0.3, 0.4) is 0 Å². The predicted molar refractivity (Wildman–Crippen MR) is 99.9 cm³/mol. The molecule has 1 atom stereocenters. The molecule has 0 saturated carbocycles. The molecule has 0 aliphatic carbocycles. The van der Waals surface area contributed by atoms with Crippen LogP contribution in [0.4, 0.5) is 0 Å². The van der Waals surface area contributed by atoms with Gasteiger partial charge in [-0.15, -0.1) is 0 Å². The molecular formula is C21H27NO3. The number of carbonyl (C=O) groups excluding carboxylic acids is 1. The molecule has 2 rings (SSSR count). The van der Waals surface area contributed by atoms with Crippen molar-refractivity contribution in [3.8, 4) is 5.75 Å². The highest BCUT2D eigenvalue weighted by Crippen LogP contribution is 2.24. The van der Waals surface area contributed by atoms with Crippen LogP contribution in [0.2, 0.25) is 0 Å². The summed E-state index contributed by atoms with van der Waals surface area (Å²) in [6.07, 6.45) is -0.554. The highest BCUT2D eigenvalue weighted by atomic mass is 16.5. The topological polar surface area (TPSA) is 58.6 Å². The fourth-order valence-corrected chi connectivity index (χ4v) is 2.31. The molecule has 0 aliphatic rings. The third-order valence-electron chi connectivity index (χ3n) is 3.90. The van der Waals surface area contributed by atoms with Gasteiger partial charge in [-0.1, -0.05) is 45.0 Å². The van der Waals surface area contributed by atoms with Gasteiger partial charge in [0.2, 0.25) is 0 Å². The van der Waals surface area contributed by atoms with Crippen molar-refractivity contribution < 1.29 is 14.6 Å². The molecular weight excluding hydrogens is 314 g/mol.